The molecule has 0 saturated heterocycles. The zero-order valence-corrected chi connectivity index (χ0v) is 42.2. The van der Waals surface area contributed by atoms with Crippen LogP contribution in [0.3, 0.4) is 0 Å². The van der Waals surface area contributed by atoms with Crippen LogP contribution in [0.15, 0.2) is 303 Å². The fourth-order valence-electron chi connectivity index (χ4n) is 11.6. The topological polar surface area (TPSA) is 19.0 Å². The summed E-state index contributed by atoms with van der Waals surface area (Å²) in [5, 5.41) is 0. The van der Waals surface area contributed by atoms with Crippen molar-refractivity contribution in [2.45, 2.75) is 0 Å². The van der Waals surface area contributed by atoms with Gasteiger partial charge in [0.15, 0.2) is 0 Å². The monoisotopic (exact) mass is 983 g/mol. The maximum Gasteiger partial charge on any atom is 0.256 e. The van der Waals surface area contributed by atoms with Crippen molar-refractivity contribution < 1.29 is 4.74 Å². The van der Waals surface area contributed by atoms with Gasteiger partial charge in [0, 0.05) is 56.6 Å². The summed E-state index contributed by atoms with van der Waals surface area (Å²) in [5.74, 6) is 1.73. The molecule has 0 saturated carbocycles. The third-order valence-corrected chi connectivity index (χ3v) is 15.1. The molecule has 0 N–H and O–H groups in total. The number of ether oxygens (including phenoxy) is 1. The molecule has 2 aliphatic heterocycles. The molecule has 362 valence electrons. The molecule has 4 nitrogen and oxygen atoms in total. The zero-order valence-electron chi connectivity index (χ0n) is 42.2. The van der Waals surface area contributed by atoms with Crippen LogP contribution < -0.4 is 35.8 Å². The van der Waals surface area contributed by atoms with E-state index in [1.165, 1.54) is 5.46 Å². The highest BCUT2D eigenvalue weighted by molar-refractivity contribution is 6.99. The first-order valence-electron chi connectivity index (χ1n) is 26.4. The molecule has 0 atom stereocenters. The predicted molar refractivity (Wildman–Crippen MR) is 323 cm³/mol. The third-order valence-electron chi connectivity index (χ3n) is 15.1. The Morgan fingerprint density at radius 1 is 0.273 bits per heavy atom. The summed E-state index contributed by atoms with van der Waals surface area (Å²) >= 11 is 0. The van der Waals surface area contributed by atoms with Crippen LogP contribution >= 0.6 is 0 Å². The highest BCUT2D eigenvalue weighted by atomic mass is 16.5. The minimum atomic E-state index is -0.0938. The summed E-state index contributed by atoms with van der Waals surface area (Å²) in [4.78, 5) is 7.14. The molecule has 2 aliphatic rings. The Kier molecular flexibility index (Phi) is 11.6. The fraction of sp³-hybridized carbons (Fsp3) is 0. The lowest BCUT2D eigenvalue weighted by Gasteiger charge is -2.41. The molecule has 0 amide bonds. The van der Waals surface area contributed by atoms with E-state index in [-0.39, 0.29) is 6.71 Å². The molecule has 5 heteroatoms. The Hall–Kier alpha value is -10.1. The summed E-state index contributed by atoms with van der Waals surface area (Å²) in [5.41, 5.74) is 22.6. The van der Waals surface area contributed by atoms with Gasteiger partial charge in [-0.25, -0.2) is 0 Å². The molecule has 2 heterocycles. The molecule has 0 aromatic heterocycles. The maximum atomic E-state index is 7.14. The van der Waals surface area contributed by atoms with Gasteiger partial charge in [-0.2, -0.15) is 0 Å². The highest BCUT2D eigenvalue weighted by Crippen LogP contribution is 2.50. The number of hydrogen-bond acceptors (Lipinski definition) is 4. The van der Waals surface area contributed by atoms with Crippen LogP contribution in [0.5, 0.6) is 11.5 Å². The predicted octanol–water partition coefficient (Wildman–Crippen LogP) is 17.7. The van der Waals surface area contributed by atoms with Gasteiger partial charge in [0.1, 0.15) is 11.5 Å². The van der Waals surface area contributed by atoms with Gasteiger partial charge in [0.2, 0.25) is 0 Å². The molecule has 12 aromatic carbocycles. The molecule has 12 aromatic rings. The van der Waals surface area contributed by atoms with Crippen molar-refractivity contribution in [3.63, 3.8) is 0 Å². The first kappa shape index (κ1) is 45.5. The van der Waals surface area contributed by atoms with E-state index in [0.29, 0.717) is 0 Å². The number of fused-ring (bicyclic) bond motifs is 4. The second-order valence-corrected chi connectivity index (χ2v) is 19.6. The summed E-state index contributed by atoms with van der Waals surface area (Å²) in [6.07, 6.45) is 0. The first-order valence-corrected chi connectivity index (χ1v) is 26.4. The lowest BCUT2D eigenvalue weighted by Crippen LogP contribution is -2.59. The molecular formula is C72H50BN3O. The van der Waals surface area contributed by atoms with E-state index >= 15 is 0 Å². The van der Waals surface area contributed by atoms with Crippen LogP contribution in [-0.4, -0.2) is 6.71 Å². The average Bonchev–Trinajstić information content (AvgIpc) is 3.60. The molecule has 0 bridgehead atoms. The van der Waals surface area contributed by atoms with E-state index < -0.39 is 0 Å². The van der Waals surface area contributed by atoms with E-state index in [2.05, 4.69) is 318 Å². The van der Waals surface area contributed by atoms with Crippen molar-refractivity contribution in [3.05, 3.63) is 303 Å². The minimum absolute atomic E-state index is 0.0938. The van der Waals surface area contributed by atoms with Crippen molar-refractivity contribution in [3.8, 4) is 56.0 Å². The zero-order chi connectivity index (χ0) is 51.1. The van der Waals surface area contributed by atoms with Crippen LogP contribution in [0, 0.1) is 0 Å². The molecule has 0 aliphatic carbocycles. The Balaban J connectivity index is 0.914. The molecule has 14 rings (SSSR count). The van der Waals surface area contributed by atoms with Gasteiger partial charge in [-0.15, -0.1) is 0 Å². The molecular weight excluding hydrogens is 934 g/mol. The quantitative estimate of drug-likeness (QED) is 0.120. The van der Waals surface area contributed by atoms with Crippen LogP contribution in [0.4, 0.5) is 51.2 Å². The maximum absolute atomic E-state index is 7.14. The fourth-order valence-corrected chi connectivity index (χ4v) is 11.6. The van der Waals surface area contributed by atoms with Crippen LogP contribution in [-0.2, 0) is 0 Å². The van der Waals surface area contributed by atoms with Gasteiger partial charge in [-0.3, -0.25) is 0 Å². The lowest BCUT2D eigenvalue weighted by atomic mass is 9.34. The van der Waals surface area contributed by atoms with Crippen molar-refractivity contribution >= 4 is 74.3 Å². The number of benzene rings is 12. The van der Waals surface area contributed by atoms with E-state index in [0.717, 1.165) is 118 Å². The van der Waals surface area contributed by atoms with Gasteiger partial charge in [-0.1, -0.05) is 206 Å². The van der Waals surface area contributed by atoms with Crippen LogP contribution in [0.2, 0.25) is 0 Å². The van der Waals surface area contributed by atoms with Crippen LogP contribution in [0.25, 0.3) is 44.5 Å². The van der Waals surface area contributed by atoms with Crippen molar-refractivity contribution in [1.82, 2.24) is 0 Å². The summed E-state index contributed by atoms with van der Waals surface area (Å²) in [7, 11) is 0. The van der Waals surface area contributed by atoms with Crippen molar-refractivity contribution in [2.24, 2.45) is 0 Å². The van der Waals surface area contributed by atoms with E-state index in [9.17, 15) is 0 Å². The Morgan fingerprint density at radius 3 is 1.13 bits per heavy atom. The molecule has 0 radical (unpaired) electrons. The smallest absolute Gasteiger partial charge is 0.256 e. The lowest BCUT2D eigenvalue weighted by molar-refractivity contribution is 0.488. The second-order valence-electron chi connectivity index (χ2n) is 19.6. The number of para-hydroxylation sites is 5. The third kappa shape index (κ3) is 8.32. The van der Waals surface area contributed by atoms with E-state index in [4.69, 9.17) is 4.74 Å². The summed E-state index contributed by atoms with van der Waals surface area (Å²) < 4.78 is 7.14. The standard InChI is InChI=1S/C72H50BN3O/c1-7-21-53(22-8-1)63-33-19-34-64(54-23-9-2-10-24-54)72(63)76-67-35-20-36-69-71(67)73(65-47-41-55(49-68(65)76)51-37-43-61(44-38-51)74(57-25-11-3-12-26-57)58-27-13-4-14-28-58)66-48-42-56(50-70(66)77-69)52-39-45-62(46-40-52)75(59-29-15-5-16-30-59)60-31-17-6-18-32-60/h1-50H. The van der Waals surface area contributed by atoms with E-state index in [1.54, 1.807) is 0 Å². The van der Waals surface area contributed by atoms with Gasteiger partial charge in [0.25, 0.3) is 6.71 Å². The van der Waals surface area contributed by atoms with Gasteiger partial charge in [-0.05, 0) is 147 Å². The Bertz CT molecular complexity index is 3910. The number of anilines is 9. The first-order chi connectivity index (χ1) is 38.2. The molecule has 77 heavy (non-hydrogen) atoms. The van der Waals surface area contributed by atoms with E-state index in [1.807, 2.05) is 0 Å². The number of nitrogens with zero attached hydrogens (tertiary/aromatic N) is 3. The second kappa shape index (κ2) is 19.6. The van der Waals surface area contributed by atoms with Gasteiger partial charge in [0.05, 0.1) is 5.69 Å². The molecule has 0 fully saturated rings. The largest absolute Gasteiger partial charge is 0.458 e. The summed E-state index contributed by atoms with van der Waals surface area (Å²) in [6, 6.07) is 109. The highest BCUT2D eigenvalue weighted by Gasteiger charge is 2.43. The Morgan fingerprint density at radius 2 is 0.662 bits per heavy atom. The summed E-state index contributed by atoms with van der Waals surface area (Å²) in [6.45, 7) is -0.0938. The molecule has 0 unspecified atom stereocenters. The Labute approximate surface area is 450 Å². The van der Waals surface area contributed by atoms with Crippen LogP contribution in [0.1, 0.15) is 0 Å². The minimum Gasteiger partial charge on any atom is -0.458 e. The van der Waals surface area contributed by atoms with Crippen molar-refractivity contribution in [2.75, 3.05) is 14.7 Å². The number of hydrogen-bond donors (Lipinski definition) is 0. The molecule has 0 spiro atoms. The van der Waals surface area contributed by atoms with Crippen molar-refractivity contribution in [1.29, 1.82) is 0 Å². The SMILES string of the molecule is c1ccc(-c2cccc(-c3ccccc3)c2N2c3cc(-c4ccc(N(c5ccccc5)c5ccccc5)cc4)ccc3B3c4ccc(-c5ccc(N(c6ccccc6)c6ccccc6)cc5)cc4Oc4cccc2c43)cc1. The van der Waals surface area contributed by atoms with Gasteiger partial charge < -0.3 is 19.4 Å². The number of rotatable bonds is 11. The van der Waals surface area contributed by atoms with Gasteiger partial charge >= 0.3 is 0 Å². The normalized spacial score (nSPS) is 11.9. The average molecular weight is 984 g/mol.